The number of hydrogen-bond acceptors (Lipinski definition) is 3. The van der Waals surface area contributed by atoms with Gasteiger partial charge >= 0.3 is 0 Å². The lowest BCUT2D eigenvalue weighted by Gasteiger charge is -2.18. The monoisotopic (exact) mass is 261 g/mol. The summed E-state index contributed by atoms with van der Waals surface area (Å²) >= 11 is 0. The fraction of sp³-hybridized carbons (Fsp3) is 0.600. The molecule has 1 aromatic heterocycles. The van der Waals surface area contributed by atoms with Gasteiger partial charge in [-0.25, -0.2) is 0 Å². The normalized spacial score (nSPS) is 18.6. The van der Waals surface area contributed by atoms with E-state index in [1.165, 1.54) is 12.8 Å². The smallest absolute Gasteiger partial charge is 0.256 e. The molecular weight excluding hydrogens is 238 g/mol. The Hall–Kier alpha value is -1.58. The van der Waals surface area contributed by atoms with Crippen LogP contribution in [-0.2, 0) is 0 Å². The number of likely N-dealkylation sites (tertiary alicyclic amines) is 1. The van der Waals surface area contributed by atoms with Crippen LogP contribution in [0.1, 0.15) is 43.5 Å². The number of anilines is 1. The molecule has 2 heterocycles. The number of rotatable bonds is 5. The molecule has 4 heteroatoms. The maximum Gasteiger partial charge on any atom is 0.256 e. The zero-order valence-corrected chi connectivity index (χ0v) is 11.9. The minimum Gasteiger partial charge on any atom is -0.383 e. The first-order valence-corrected chi connectivity index (χ1v) is 7.23. The maximum absolute atomic E-state index is 12.6. The van der Waals surface area contributed by atoms with E-state index in [4.69, 9.17) is 0 Å². The van der Waals surface area contributed by atoms with Crippen molar-refractivity contribution in [1.29, 1.82) is 0 Å². The number of nitrogens with zero attached hydrogens (tertiary/aromatic N) is 2. The number of aromatic nitrogens is 1. The summed E-state index contributed by atoms with van der Waals surface area (Å²) in [5.41, 5.74) is 1.59. The van der Waals surface area contributed by atoms with Gasteiger partial charge in [0.2, 0.25) is 0 Å². The number of amides is 1. The van der Waals surface area contributed by atoms with E-state index in [2.05, 4.69) is 17.2 Å². The molecule has 1 fully saturated rings. The van der Waals surface area contributed by atoms with Gasteiger partial charge in [-0.05, 0) is 31.7 Å². The van der Waals surface area contributed by atoms with Crippen LogP contribution in [0.25, 0.3) is 0 Å². The van der Waals surface area contributed by atoms with E-state index in [9.17, 15) is 4.79 Å². The van der Waals surface area contributed by atoms with E-state index in [1.54, 1.807) is 12.4 Å². The van der Waals surface area contributed by atoms with Gasteiger partial charge in [-0.1, -0.05) is 13.3 Å². The van der Waals surface area contributed by atoms with Crippen molar-refractivity contribution in [3.05, 3.63) is 24.0 Å². The molecule has 0 bridgehead atoms. The second kappa shape index (κ2) is 6.55. The van der Waals surface area contributed by atoms with E-state index >= 15 is 0 Å². The van der Waals surface area contributed by atoms with Crippen LogP contribution < -0.4 is 5.32 Å². The molecule has 2 rings (SSSR count). The molecule has 1 aromatic rings. The number of pyridine rings is 1. The van der Waals surface area contributed by atoms with E-state index in [-0.39, 0.29) is 5.91 Å². The minimum absolute atomic E-state index is 0.136. The van der Waals surface area contributed by atoms with Gasteiger partial charge in [0, 0.05) is 25.8 Å². The van der Waals surface area contributed by atoms with Crippen molar-refractivity contribution >= 4 is 11.6 Å². The molecule has 0 radical (unpaired) electrons. The number of carbonyl (C=O) groups is 1. The third-order valence-electron chi connectivity index (χ3n) is 3.69. The van der Waals surface area contributed by atoms with Crippen LogP contribution >= 0.6 is 0 Å². The van der Waals surface area contributed by atoms with Gasteiger partial charge in [-0.3, -0.25) is 9.78 Å². The Bertz CT molecular complexity index is 433. The first-order chi connectivity index (χ1) is 9.26. The average Bonchev–Trinajstić information content (AvgIpc) is 2.88. The Balaban J connectivity index is 2.08. The molecular formula is C15H23N3O. The van der Waals surface area contributed by atoms with Crippen molar-refractivity contribution in [3.8, 4) is 0 Å². The second-order valence-electron chi connectivity index (χ2n) is 5.15. The number of carbonyl (C=O) groups excluding carboxylic acids is 1. The second-order valence-corrected chi connectivity index (χ2v) is 5.15. The van der Waals surface area contributed by atoms with Crippen LogP contribution in [0, 0.1) is 5.92 Å². The molecule has 0 saturated carbocycles. The van der Waals surface area contributed by atoms with Gasteiger partial charge in [0.1, 0.15) is 0 Å². The van der Waals surface area contributed by atoms with Crippen LogP contribution in [0.3, 0.4) is 0 Å². The minimum atomic E-state index is 0.136. The zero-order valence-electron chi connectivity index (χ0n) is 11.9. The summed E-state index contributed by atoms with van der Waals surface area (Å²) in [6, 6.07) is 1.81. The predicted octanol–water partition coefficient (Wildman–Crippen LogP) is 2.78. The van der Waals surface area contributed by atoms with Crippen LogP contribution in [0.15, 0.2) is 18.5 Å². The molecule has 4 nitrogen and oxygen atoms in total. The molecule has 1 N–H and O–H groups in total. The highest BCUT2D eigenvalue weighted by atomic mass is 16.2. The topological polar surface area (TPSA) is 45.2 Å². The van der Waals surface area contributed by atoms with Crippen LogP contribution in [0.5, 0.6) is 0 Å². The molecule has 1 amide bonds. The lowest BCUT2D eigenvalue weighted by atomic mass is 10.0. The molecule has 1 atom stereocenters. The summed E-state index contributed by atoms with van der Waals surface area (Å²) in [6.45, 7) is 6.81. The zero-order chi connectivity index (χ0) is 13.7. The van der Waals surface area contributed by atoms with Crippen molar-refractivity contribution in [2.24, 2.45) is 5.92 Å². The van der Waals surface area contributed by atoms with Crippen molar-refractivity contribution < 1.29 is 4.79 Å². The SMILES string of the molecule is CCCC1CCN(C(=O)c2ccncc2NCC)C1. The quantitative estimate of drug-likeness (QED) is 0.886. The predicted molar refractivity (Wildman–Crippen MR) is 77.3 cm³/mol. The van der Waals surface area contributed by atoms with Gasteiger partial charge < -0.3 is 10.2 Å². The maximum atomic E-state index is 12.6. The lowest BCUT2D eigenvalue weighted by molar-refractivity contribution is 0.0787. The Kier molecular flexibility index (Phi) is 4.77. The summed E-state index contributed by atoms with van der Waals surface area (Å²) in [5.74, 6) is 0.815. The van der Waals surface area contributed by atoms with Gasteiger partial charge in [0.25, 0.3) is 5.91 Å². The van der Waals surface area contributed by atoms with E-state index in [0.29, 0.717) is 5.92 Å². The summed E-state index contributed by atoms with van der Waals surface area (Å²) in [4.78, 5) is 18.6. The van der Waals surface area contributed by atoms with E-state index in [1.807, 2.05) is 17.9 Å². The molecule has 0 spiro atoms. The fourth-order valence-corrected chi connectivity index (χ4v) is 2.74. The molecule has 1 aliphatic rings. The van der Waals surface area contributed by atoms with Crippen molar-refractivity contribution in [2.75, 3.05) is 25.0 Å². The Morgan fingerprint density at radius 2 is 2.37 bits per heavy atom. The first-order valence-electron chi connectivity index (χ1n) is 7.23. The highest BCUT2D eigenvalue weighted by Gasteiger charge is 2.27. The van der Waals surface area contributed by atoms with Gasteiger partial charge in [-0.15, -0.1) is 0 Å². The molecule has 1 unspecified atom stereocenters. The van der Waals surface area contributed by atoms with Crippen LogP contribution in [0.2, 0.25) is 0 Å². The van der Waals surface area contributed by atoms with Gasteiger partial charge in [-0.2, -0.15) is 0 Å². The summed E-state index contributed by atoms with van der Waals surface area (Å²) < 4.78 is 0. The Morgan fingerprint density at radius 1 is 1.53 bits per heavy atom. The molecule has 0 aromatic carbocycles. The number of hydrogen-bond donors (Lipinski definition) is 1. The lowest BCUT2D eigenvalue weighted by Crippen LogP contribution is -2.29. The van der Waals surface area contributed by atoms with Gasteiger partial charge in [0.15, 0.2) is 0 Å². The number of nitrogens with one attached hydrogen (secondary N) is 1. The van der Waals surface area contributed by atoms with Crippen molar-refractivity contribution in [3.63, 3.8) is 0 Å². The molecule has 1 aliphatic heterocycles. The highest BCUT2D eigenvalue weighted by molar-refractivity contribution is 5.99. The Morgan fingerprint density at radius 3 is 3.11 bits per heavy atom. The fourth-order valence-electron chi connectivity index (χ4n) is 2.74. The summed E-state index contributed by atoms with van der Waals surface area (Å²) in [5, 5.41) is 3.21. The largest absolute Gasteiger partial charge is 0.383 e. The first kappa shape index (κ1) is 13.8. The molecule has 19 heavy (non-hydrogen) atoms. The average molecular weight is 261 g/mol. The Labute approximate surface area is 115 Å². The molecule has 0 aliphatic carbocycles. The third-order valence-corrected chi connectivity index (χ3v) is 3.69. The standard InChI is InChI=1S/C15H23N3O/c1-3-5-12-7-9-18(11-12)15(19)13-6-8-16-10-14(13)17-4-2/h6,8,10,12,17H,3-5,7,9,11H2,1-2H3. The van der Waals surface area contributed by atoms with E-state index < -0.39 is 0 Å². The van der Waals surface area contributed by atoms with Crippen molar-refractivity contribution in [2.45, 2.75) is 33.1 Å². The summed E-state index contributed by atoms with van der Waals surface area (Å²) in [6.07, 6.45) is 6.98. The van der Waals surface area contributed by atoms with Crippen LogP contribution in [-0.4, -0.2) is 35.4 Å². The summed E-state index contributed by atoms with van der Waals surface area (Å²) in [7, 11) is 0. The highest BCUT2D eigenvalue weighted by Crippen LogP contribution is 2.24. The third kappa shape index (κ3) is 3.25. The van der Waals surface area contributed by atoms with E-state index in [0.717, 1.165) is 37.3 Å². The van der Waals surface area contributed by atoms with Gasteiger partial charge in [0.05, 0.1) is 17.4 Å². The molecule has 104 valence electrons. The van der Waals surface area contributed by atoms with Crippen LogP contribution in [0.4, 0.5) is 5.69 Å². The van der Waals surface area contributed by atoms with Crippen molar-refractivity contribution in [1.82, 2.24) is 9.88 Å². The molecule has 1 saturated heterocycles.